The molecule has 0 aliphatic carbocycles. The molecule has 25 heavy (non-hydrogen) atoms. The van der Waals surface area contributed by atoms with E-state index in [2.05, 4.69) is 0 Å². The van der Waals surface area contributed by atoms with E-state index in [0.717, 1.165) is 27.6 Å². The van der Waals surface area contributed by atoms with Gasteiger partial charge in [0.25, 0.3) is 0 Å². The van der Waals surface area contributed by atoms with Crippen molar-refractivity contribution in [2.24, 2.45) is 5.92 Å². The van der Waals surface area contributed by atoms with Crippen molar-refractivity contribution < 1.29 is 31.2 Å². The fourth-order valence-corrected chi connectivity index (χ4v) is 4.19. The number of hydrogen-bond donors (Lipinski definition) is 0. The number of hydroxylamine groups is 2. The minimum absolute atomic E-state index is 0.0620. The molecule has 0 saturated carbocycles. The van der Waals surface area contributed by atoms with E-state index in [1.807, 2.05) is 0 Å². The zero-order chi connectivity index (χ0) is 18.8. The summed E-state index contributed by atoms with van der Waals surface area (Å²) >= 11 is 0. The van der Waals surface area contributed by atoms with Crippen LogP contribution in [0.4, 0.5) is 13.2 Å². The average Bonchev–Trinajstić information content (AvgIpc) is 2.60. The van der Waals surface area contributed by atoms with E-state index in [1.54, 1.807) is 0 Å². The Labute approximate surface area is 144 Å². The molecule has 0 spiro atoms. The van der Waals surface area contributed by atoms with Crippen LogP contribution in [0.2, 0.25) is 0 Å². The monoisotopic (exact) mass is 380 g/mol. The number of alkyl halides is 3. The molecular weight excluding hydrogens is 361 g/mol. The van der Waals surface area contributed by atoms with Gasteiger partial charge in [0, 0.05) is 26.1 Å². The molecule has 1 aliphatic heterocycles. The lowest BCUT2D eigenvalue weighted by Gasteiger charge is -2.31. The molecule has 0 N–H and O–H groups in total. The molecule has 0 unspecified atom stereocenters. The molecule has 1 aliphatic rings. The second-order valence-electron chi connectivity index (χ2n) is 5.72. The number of rotatable bonds is 4. The van der Waals surface area contributed by atoms with Crippen LogP contribution in [-0.2, 0) is 25.8 Å². The Hall–Kier alpha value is -1.65. The first-order chi connectivity index (χ1) is 11.6. The van der Waals surface area contributed by atoms with Crippen LogP contribution in [0.25, 0.3) is 0 Å². The molecule has 0 radical (unpaired) electrons. The number of amides is 1. The van der Waals surface area contributed by atoms with Gasteiger partial charge in [-0.15, -0.1) is 0 Å². The van der Waals surface area contributed by atoms with E-state index in [-0.39, 0.29) is 37.8 Å². The molecule has 140 valence electrons. The fourth-order valence-electron chi connectivity index (χ4n) is 2.67. The van der Waals surface area contributed by atoms with Gasteiger partial charge in [0.2, 0.25) is 15.9 Å². The third-order valence-corrected chi connectivity index (χ3v) is 6.08. The lowest BCUT2D eigenvalue weighted by atomic mass is 9.97. The minimum Gasteiger partial charge on any atom is -0.275 e. The van der Waals surface area contributed by atoms with Crippen LogP contribution < -0.4 is 0 Å². The fraction of sp³-hybridized carbons (Fsp3) is 0.533. The summed E-state index contributed by atoms with van der Waals surface area (Å²) in [5.74, 6) is -0.628. The SMILES string of the molecule is CON(C)C(=O)C1CCN(S(=O)(=O)c2cccc(C(F)(F)F)c2)CC1. The molecule has 2 rings (SSSR count). The molecule has 6 nitrogen and oxygen atoms in total. The number of hydrogen-bond acceptors (Lipinski definition) is 4. The van der Waals surface area contributed by atoms with Gasteiger partial charge in [0.15, 0.2) is 0 Å². The van der Waals surface area contributed by atoms with Crippen molar-refractivity contribution in [3.63, 3.8) is 0 Å². The number of carbonyl (C=O) groups excluding carboxylic acids is 1. The number of sulfonamides is 1. The van der Waals surface area contributed by atoms with Crippen LogP contribution in [-0.4, -0.2) is 50.9 Å². The van der Waals surface area contributed by atoms with Gasteiger partial charge in [-0.25, -0.2) is 13.5 Å². The predicted octanol–water partition coefficient (Wildman–Crippen LogP) is 2.13. The number of benzene rings is 1. The largest absolute Gasteiger partial charge is 0.416 e. The zero-order valence-corrected chi connectivity index (χ0v) is 14.6. The van der Waals surface area contributed by atoms with Crippen molar-refractivity contribution in [1.82, 2.24) is 9.37 Å². The van der Waals surface area contributed by atoms with Crippen LogP contribution in [0.3, 0.4) is 0 Å². The van der Waals surface area contributed by atoms with Gasteiger partial charge >= 0.3 is 6.18 Å². The second-order valence-corrected chi connectivity index (χ2v) is 7.66. The molecular formula is C15H19F3N2O4S. The second kappa shape index (κ2) is 7.30. The van der Waals surface area contributed by atoms with Crippen molar-refractivity contribution >= 4 is 15.9 Å². The normalized spacial score (nSPS) is 17.5. The zero-order valence-electron chi connectivity index (χ0n) is 13.8. The van der Waals surface area contributed by atoms with Gasteiger partial charge in [0.05, 0.1) is 17.6 Å². The van der Waals surface area contributed by atoms with E-state index in [0.29, 0.717) is 6.07 Å². The van der Waals surface area contributed by atoms with Gasteiger partial charge in [-0.2, -0.15) is 17.5 Å². The molecule has 0 bridgehead atoms. The van der Waals surface area contributed by atoms with E-state index in [4.69, 9.17) is 4.84 Å². The average molecular weight is 380 g/mol. The molecule has 0 atom stereocenters. The summed E-state index contributed by atoms with van der Waals surface area (Å²) in [6.07, 6.45) is -4.05. The summed E-state index contributed by atoms with van der Waals surface area (Å²) in [7, 11) is -1.22. The third-order valence-electron chi connectivity index (χ3n) is 4.19. The van der Waals surface area contributed by atoms with Crippen LogP contribution in [0.5, 0.6) is 0 Å². The van der Waals surface area contributed by atoms with Gasteiger partial charge < -0.3 is 0 Å². The summed E-state index contributed by atoms with van der Waals surface area (Å²) in [6.45, 7) is 0.124. The van der Waals surface area contributed by atoms with E-state index < -0.39 is 26.7 Å². The van der Waals surface area contributed by atoms with E-state index >= 15 is 0 Å². The maximum absolute atomic E-state index is 12.8. The first-order valence-electron chi connectivity index (χ1n) is 7.56. The topological polar surface area (TPSA) is 66.9 Å². The molecule has 10 heteroatoms. The van der Waals surface area contributed by atoms with Crippen molar-refractivity contribution in [1.29, 1.82) is 0 Å². The molecule has 1 aromatic rings. The highest BCUT2D eigenvalue weighted by Gasteiger charge is 2.35. The van der Waals surface area contributed by atoms with Crippen LogP contribution in [0.15, 0.2) is 29.2 Å². The first-order valence-corrected chi connectivity index (χ1v) is 9.00. The standard InChI is InChI=1S/C15H19F3N2O4S/c1-19(24-2)14(21)11-6-8-20(9-7-11)25(22,23)13-5-3-4-12(10-13)15(16,17)18/h3-5,10-11H,6-9H2,1-2H3. The molecule has 1 aromatic carbocycles. The molecule has 1 amide bonds. The number of nitrogens with zero attached hydrogens (tertiary/aromatic N) is 2. The van der Waals surface area contributed by atoms with Crippen molar-refractivity contribution in [3.05, 3.63) is 29.8 Å². The summed E-state index contributed by atoms with van der Waals surface area (Å²) in [5, 5.41) is 1.08. The Morgan fingerprint density at radius 1 is 1.28 bits per heavy atom. The van der Waals surface area contributed by atoms with Crippen LogP contribution in [0, 0.1) is 5.92 Å². The highest BCUT2D eigenvalue weighted by atomic mass is 32.2. The van der Waals surface area contributed by atoms with Crippen molar-refractivity contribution in [2.75, 3.05) is 27.2 Å². The Bertz CT molecular complexity index is 729. The lowest BCUT2D eigenvalue weighted by molar-refractivity contribution is -0.174. The summed E-state index contributed by atoms with van der Waals surface area (Å²) < 4.78 is 64.6. The third kappa shape index (κ3) is 4.31. The lowest BCUT2D eigenvalue weighted by Crippen LogP contribution is -2.43. The smallest absolute Gasteiger partial charge is 0.275 e. The first kappa shape index (κ1) is 19.7. The minimum atomic E-state index is -4.62. The van der Waals surface area contributed by atoms with Gasteiger partial charge in [-0.1, -0.05) is 6.07 Å². The van der Waals surface area contributed by atoms with Gasteiger partial charge in [-0.05, 0) is 31.0 Å². The molecule has 1 heterocycles. The number of carbonyl (C=O) groups is 1. The summed E-state index contributed by atoms with van der Waals surface area (Å²) in [6, 6.07) is 3.66. The Morgan fingerprint density at radius 2 is 1.88 bits per heavy atom. The summed E-state index contributed by atoms with van der Waals surface area (Å²) in [4.78, 5) is 16.4. The molecule has 1 saturated heterocycles. The van der Waals surface area contributed by atoms with Crippen molar-refractivity contribution in [3.8, 4) is 0 Å². The quantitative estimate of drug-likeness (QED) is 0.751. The number of halogens is 3. The highest BCUT2D eigenvalue weighted by Crippen LogP contribution is 2.32. The van der Waals surface area contributed by atoms with Crippen LogP contribution >= 0.6 is 0 Å². The van der Waals surface area contributed by atoms with E-state index in [9.17, 15) is 26.4 Å². The Balaban J connectivity index is 2.14. The Kier molecular flexibility index (Phi) is 5.75. The van der Waals surface area contributed by atoms with Gasteiger partial charge in [-0.3, -0.25) is 9.63 Å². The predicted molar refractivity (Wildman–Crippen MR) is 82.7 cm³/mol. The van der Waals surface area contributed by atoms with Crippen LogP contribution in [0.1, 0.15) is 18.4 Å². The van der Waals surface area contributed by atoms with Gasteiger partial charge in [0.1, 0.15) is 0 Å². The maximum Gasteiger partial charge on any atom is 0.416 e. The van der Waals surface area contributed by atoms with Crippen molar-refractivity contribution in [2.45, 2.75) is 23.9 Å². The summed E-state index contributed by atoms with van der Waals surface area (Å²) in [5.41, 5.74) is -1.01. The number of piperidine rings is 1. The molecule has 1 fully saturated rings. The van der Waals surface area contributed by atoms with E-state index in [1.165, 1.54) is 14.2 Å². The Morgan fingerprint density at radius 3 is 2.40 bits per heavy atom. The molecule has 0 aromatic heterocycles. The maximum atomic E-state index is 12.8. The highest BCUT2D eigenvalue weighted by molar-refractivity contribution is 7.89.